The standard InChI is InChI=1S/C19H28FN3O6S2/c1-2-13-30(25,26)23-8-4-3-5-17(23)19(24)21-15-6-7-16(20)18(14-15)31(27,28)22-9-11-29-12-10-22/h6-7,14,17H,2-5,8-13H2,1H3,(H,21,24). The topological polar surface area (TPSA) is 113 Å². The van der Waals surface area contributed by atoms with Crippen LogP contribution in [0.25, 0.3) is 0 Å². The van der Waals surface area contributed by atoms with Gasteiger partial charge in [0.2, 0.25) is 26.0 Å². The van der Waals surface area contributed by atoms with Crippen molar-refractivity contribution in [1.82, 2.24) is 8.61 Å². The van der Waals surface area contributed by atoms with E-state index in [2.05, 4.69) is 5.32 Å². The summed E-state index contributed by atoms with van der Waals surface area (Å²) in [7, 11) is -7.67. The number of carbonyl (C=O) groups excluding carboxylic acids is 1. The van der Waals surface area contributed by atoms with Gasteiger partial charge in [0.15, 0.2) is 0 Å². The maximum atomic E-state index is 14.4. The Kier molecular flexibility index (Phi) is 7.68. The van der Waals surface area contributed by atoms with E-state index >= 15 is 0 Å². The van der Waals surface area contributed by atoms with Gasteiger partial charge >= 0.3 is 0 Å². The Morgan fingerprint density at radius 3 is 2.55 bits per heavy atom. The quantitative estimate of drug-likeness (QED) is 0.635. The smallest absolute Gasteiger partial charge is 0.246 e. The van der Waals surface area contributed by atoms with Crippen LogP contribution in [0.15, 0.2) is 23.1 Å². The Bertz CT molecular complexity index is 1010. The van der Waals surface area contributed by atoms with Crippen LogP contribution < -0.4 is 5.32 Å². The number of rotatable bonds is 7. The van der Waals surface area contributed by atoms with Gasteiger partial charge in [0.1, 0.15) is 16.8 Å². The van der Waals surface area contributed by atoms with Crippen molar-refractivity contribution in [3.63, 3.8) is 0 Å². The van der Waals surface area contributed by atoms with E-state index in [-0.39, 0.29) is 44.3 Å². The lowest BCUT2D eigenvalue weighted by molar-refractivity contribution is -0.120. The summed E-state index contributed by atoms with van der Waals surface area (Å²) in [5, 5.41) is 2.58. The van der Waals surface area contributed by atoms with Crippen LogP contribution in [0, 0.1) is 5.82 Å². The molecule has 2 aliphatic rings. The summed E-state index contributed by atoms with van der Waals surface area (Å²) >= 11 is 0. The third-order valence-corrected chi connectivity index (χ3v) is 9.35. The second-order valence-electron chi connectivity index (χ2n) is 7.59. The highest BCUT2D eigenvalue weighted by Crippen LogP contribution is 2.26. The fourth-order valence-electron chi connectivity index (χ4n) is 3.81. The number of benzene rings is 1. The molecule has 31 heavy (non-hydrogen) atoms. The SMILES string of the molecule is CCCS(=O)(=O)N1CCCCC1C(=O)Nc1ccc(F)c(S(=O)(=O)N2CCOCC2)c1. The summed E-state index contributed by atoms with van der Waals surface area (Å²) < 4.78 is 72.7. The van der Waals surface area contributed by atoms with Crippen molar-refractivity contribution in [3.05, 3.63) is 24.0 Å². The predicted molar refractivity (Wildman–Crippen MR) is 113 cm³/mol. The van der Waals surface area contributed by atoms with Crippen LogP contribution in [0.2, 0.25) is 0 Å². The molecule has 1 amide bonds. The van der Waals surface area contributed by atoms with Gasteiger partial charge in [-0.05, 0) is 37.5 Å². The van der Waals surface area contributed by atoms with E-state index in [9.17, 15) is 26.0 Å². The molecule has 3 rings (SSSR count). The maximum Gasteiger partial charge on any atom is 0.246 e. The highest BCUT2D eigenvalue weighted by Gasteiger charge is 2.36. The lowest BCUT2D eigenvalue weighted by Gasteiger charge is -2.33. The van der Waals surface area contributed by atoms with E-state index in [1.54, 1.807) is 6.92 Å². The molecule has 2 aliphatic heterocycles. The number of halogens is 1. The second kappa shape index (κ2) is 9.90. The minimum atomic E-state index is -4.10. The molecule has 174 valence electrons. The van der Waals surface area contributed by atoms with Crippen molar-refractivity contribution in [1.29, 1.82) is 0 Å². The lowest BCUT2D eigenvalue weighted by atomic mass is 10.0. The summed E-state index contributed by atoms with van der Waals surface area (Å²) in [5.41, 5.74) is 0.0941. The van der Waals surface area contributed by atoms with E-state index < -0.39 is 42.7 Å². The van der Waals surface area contributed by atoms with Gasteiger partial charge in [0.05, 0.1) is 19.0 Å². The maximum absolute atomic E-state index is 14.4. The number of morpholine rings is 1. The number of nitrogens with one attached hydrogen (secondary N) is 1. The van der Waals surface area contributed by atoms with E-state index in [4.69, 9.17) is 4.74 Å². The Balaban J connectivity index is 1.82. The largest absolute Gasteiger partial charge is 0.379 e. The zero-order valence-electron chi connectivity index (χ0n) is 17.4. The normalized spacial score (nSPS) is 21.7. The second-order valence-corrected chi connectivity index (χ2v) is 11.5. The molecule has 2 saturated heterocycles. The molecule has 0 spiro atoms. The summed E-state index contributed by atoms with van der Waals surface area (Å²) in [5.74, 6) is -1.52. The molecular formula is C19H28FN3O6S2. The third-order valence-electron chi connectivity index (χ3n) is 5.36. The highest BCUT2D eigenvalue weighted by molar-refractivity contribution is 7.89. The minimum absolute atomic E-state index is 0.0464. The number of hydrogen-bond donors (Lipinski definition) is 1. The number of anilines is 1. The van der Waals surface area contributed by atoms with Crippen molar-refractivity contribution < 1.29 is 30.8 Å². The average Bonchev–Trinajstić information content (AvgIpc) is 2.75. The van der Waals surface area contributed by atoms with Gasteiger partial charge in [-0.15, -0.1) is 0 Å². The molecule has 0 aliphatic carbocycles. The molecular weight excluding hydrogens is 449 g/mol. The average molecular weight is 478 g/mol. The Labute approximate surface area is 182 Å². The van der Waals surface area contributed by atoms with Gasteiger partial charge in [-0.25, -0.2) is 21.2 Å². The first-order valence-corrected chi connectivity index (χ1v) is 13.4. The fraction of sp³-hybridized carbons (Fsp3) is 0.632. The van der Waals surface area contributed by atoms with E-state index in [1.165, 1.54) is 10.4 Å². The zero-order valence-corrected chi connectivity index (χ0v) is 19.1. The molecule has 2 heterocycles. The van der Waals surface area contributed by atoms with Crippen molar-refractivity contribution in [2.45, 2.75) is 43.5 Å². The van der Waals surface area contributed by atoms with Crippen LogP contribution in [-0.4, -0.2) is 76.0 Å². The molecule has 1 unspecified atom stereocenters. The summed E-state index contributed by atoms with van der Waals surface area (Å²) in [6, 6.07) is 2.44. The molecule has 9 nitrogen and oxygen atoms in total. The van der Waals surface area contributed by atoms with Crippen LogP contribution in [0.4, 0.5) is 10.1 Å². The molecule has 1 atom stereocenters. The highest BCUT2D eigenvalue weighted by atomic mass is 32.2. The number of piperidine rings is 1. The molecule has 0 bridgehead atoms. The summed E-state index contributed by atoms with van der Waals surface area (Å²) in [6.45, 7) is 2.70. The van der Waals surface area contributed by atoms with Gasteiger partial charge in [-0.2, -0.15) is 8.61 Å². The van der Waals surface area contributed by atoms with Gasteiger partial charge in [-0.1, -0.05) is 13.3 Å². The van der Waals surface area contributed by atoms with E-state index in [0.29, 0.717) is 25.7 Å². The van der Waals surface area contributed by atoms with Crippen molar-refractivity contribution in [2.75, 3.05) is 43.9 Å². The van der Waals surface area contributed by atoms with Gasteiger partial charge in [0.25, 0.3) is 0 Å². The number of nitrogens with zero attached hydrogens (tertiary/aromatic N) is 2. The molecule has 1 aromatic carbocycles. The van der Waals surface area contributed by atoms with Crippen molar-refractivity contribution in [2.24, 2.45) is 0 Å². The lowest BCUT2D eigenvalue weighted by Crippen LogP contribution is -2.50. The summed E-state index contributed by atoms with van der Waals surface area (Å²) in [4.78, 5) is 12.4. The Hall–Kier alpha value is -1.60. The number of amides is 1. The monoisotopic (exact) mass is 477 g/mol. The van der Waals surface area contributed by atoms with Gasteiger partial charge in [-0.3, -0.25) is 4.79 Å². The van der Waals surface area contributed by atoms with Crippen molar-refractivity contribution in [3.8, 4) is 0 Å². The first kappa shape index (κ1) is 24.1. The zero-order chi connectivity index (χ0) is 22.6. The number of sulfonamides is 2. The van der Waals surface area contributed by atoms with Crippen LogP contribution in [-0.2, 0) is 29.6 Å². The summed E-state index contributed by atoms with van der Waals surface area (Å²) in [6.07, 6.45) is 2.18. The van der Waals surface area contributed by atoms with Crippen LogP contribution in [0.3, 0.4) is 0 Å². The van der Waals surface area contributed by atoms with Gasteiger partial charge < -0.3 is 10.1 Å². The molecule has 12 heteroatoms. The van der Waals surface area contributed by atoms with Crippen LogP contribution >= 0.6 is 0 Å². The first-order chi connectivity index (χ1) is 14.7. The molecule has 2 fully saturated rings. The first-order valence-electron chi connectivity index (χ1n) is 10.3. The fourth-order valence-corrected chi connectivity index (χ4v) is 7.05. The molecule has 1 N–H and O–H groups in total. The Morgan fingerprint density at radius 2 is 1.87 bits per heavy atom. The molecule has 1 aromatic rings. The molecule has 0 radical (unpaired) electrons. The number of ether oxygens (including phenoxy) is 1. The van der Waals surface area contributed by atoms with Crippen molar-refractivity contribution >= 4 is 31.6 Å². The number of hydrogen-bond acceptors (Lipinski definition) is 6. The van der Waals surface area contributed by atoms with Gasteiger partial charge in [0, 0.05) is 25.3 Å². The third kappa shape index (κ3) is 5.43. The number of carbonyl (C=O) groups is 1. The minimum Gasteiger partial charge on any atom is -0.379 e. The van der Waals surface area contributed by atoms with Crippen LogP contribution in [0.1, 0.15) is 32.6 Å². The Morgan fingerprint density at radius 1 is 1.16 bits per heavy atom. The molecule has 0 aromatic heterocycles. The van der Waals surface area contributed by atoms with E-state index in [0.717, 1.165) is 16.4 Å². The predicted octanol–water partition coefficient (Wildman–Crippen LogP) is 1.38. The van der Waals surface area contributed by atoms with E-state index in [1.807, 2.05) is 0 Å². The van der Waals surface area contributed by atoms with Crippen LogP contribution in [0.5, 0.6) is 0 Å². The molecule has 0 saturated carbocycles.